The van der Waals surface area contributed by atoms with Gasteiger partial charge in [-0.3, -0.25) is 19.5 Å². The van der Waals surface area contributed by atoms with E-state index >= 15 is 0 Å². The van der Waals surface area contributed by atoms with E-state index in [9.17, 15) is 9.59 Å². The lowest BCUT2D eigenvalue weighted by molar-refractivity contribution is -0.132. The molecule has 1 saturated heterocycles. The summed E-state index contributed by atoms with van der Waals surface area (Å²) in [6, 6.07) is 20.9. The van der Waals surface area contributed by atoms with Crippen molar-refractivity contribution < 1.29 is 9.59 Å². The Balaban J connectivity index is 1.24. The fourth-order valence-corrected chi connectivity index (χ4v) is 5.07. The molecule has 3 N–H and O–H groups in total. The van der Waals surface area contributed by atoms with Crippen LogP contribution in [0.5, 0.6) is 0 Å². The van der Waals surface area contributed by atoms with Gasteiger partial charge in [-0.2, -0.15) is 0 Å². The van der Waals surface area contributed by atoms with Gasteiger partial charge in [0.05, 0.1) is 5.69 Å². The van der Waals surface area contributed by atoms with Gasteiger partial charge in [-0.25, -0.2) is 9.97 Å². The average molecular weight is 537 g/mol. The van der Waals surface area contributed by atoms with Crippen molar-refractivity contribution in [1.82, 2.24) is 19.4 Å². The zero-order valence-electron chi connectivity index (χ0n) is 22.8. The Bertz CT molecular complexity index is 1430. The van der Waals surface area contributed by atoms with E-state index in [1.807, 2.05) is 70.3 Å². The van der Waals surface area contributed by atoms with Crippen LogP contribution in [0.25, 0.3) is 16.8 Å². The van der Waals surface area contributed by atoms with Crippen LogP contribution in [0.2, 0.25) is 0 Å². The lowest BCUT2D eigenvalue weighted by Gasteiger charge is -2.26. The lowest BCUT2D eigenvalue weighted by Crippen LogP contribution is -2.35. The van der Waals surface area contributed by atoms with Gasteiger partial charge in [0.15, 0.2) is 0 Å². The molecule has 1 aliphatic rings. The summed E-state index contributed by atoms with van der Waals surface area (Å²) in [6.07, 6.45) is 11.3. The van der Waals surface area contributed by atoms with Gasteiger partial charge in [0.1, 0.15) is 5.82 Å². The molecule has 0 atom stereocenters. The van der Waals surface area contributed by atoms with Gasteiger partial charge < -0.3 is 10.6 Å². The molecule has 206 valence electrons. The number of carbonyl (C=O) groups is 2. The number of nitrogens with two attached hydrogens (primary N) is 1. The number of piperidine rings is 1. The predicted octanol–water partition coefficient (Wildman–Crippen LogP) is 5.88. The minimum Gasteiger partial charge on any atom is -0.384 e. The molecule has 5 rings (SSSR count). The summed E-state index contributed by atoms with van der Waals surface area (Å²) in [5, 5.41) is 3.01. The number of nitrogen functional groups attached to an aromatic ring is 1. The van der Waals surface area contributed by atoms with Crippen LogP contribution in [0.3, 0.4) is 0 Å². The Morgan fingerprint density at radius 3 is 2.48 bits per heavy atom. The summed E-state index contributed by atoms with van der Waals surface area (Å²) in [5.41, 5.74) is 9.84. The van der Waals surface area contributed by atoms with Crippen molar-refractivity contribution in [3.8, 4) is 16.8 Å². The standard InChI is InChI=1S/C32H36N6O2/c33-29-18-17-26(22-34-29)24-11-10-12-25(21-24)31(40)36-32-35-27(23-38(32)28-14-5-2-6-15-28)13-4-1-7-16-30(39)37-19-8-3-9-20-37/h2,5-6,10-12,14-15,17-18,21-23H,1,3-4,7-9,13,16,19-20H2,(H2,33,34)(H,35,36,40). The van der Waals surface area contributed by atoms with Crippen LogP contribution in [0.1, 0.15) is 61.0 Å². The number of hydrogen-bond acceptors (Lipinski definition) is 5. The Hall–Kier alpha value is -4.46. The molecular weight excluding hydrogens is 500 g/mol. The number of amides is 2. The zero-order valence-corrected chi connectivity index (χ0v) is 22.8. The molecule has 0 aliphatic carbocycles. The van der Waals surface area contributed by atoms with Crippen molar-refractivity contribution in [2.24, 2.45) is 0 Å². The Morgan fingerprint density at radius 1 is 0.875 bits per heavy atom. The molecule has 1 aliphatic heterocycles. The quantitative estimate of drug-likeness (QED) is 0.246. The maximum absolute atomic E-state index is 13.3. The molecule has 8 heteroatoms. The number of pyridine rings is 1. The minimum atomic E-state index is -0.240. The highest BCUT2D eigenvalue weighted by molar-refractivity contribution is 6.04. The smallest absolute Gasteiger partial charge is 0.258 e. The summed E-state index contributed by atoms with van der Waals surface area (Å²) in [4.78, 5) is 36.7. The number of aromatic nitrogens is 3. The van der Waals surface area contributed by atoms with E-state index in [4.69, 9.17) is 10.7 Å². The molecule has 0 spiro atoms. The van der Waals surface area contributed by atoms with Crippen LogP contribution in [0.4, 0.5) is 11.8 Å². The normalized spacial score (nSPS) is 13.2. The minimum absolute atomic E-state index is 0.240. The molecule has 3 heterocycles. The van der Waals surface area contributed by atoms with E-state index < -0.39 is 0 Å². The van der Waals surface area contributed by atoms with Crippen LogP contribution >= 0.6 is 0 Å². The number of para-hydroxylation sites is 1. The van der Waals surface area contributed by atoms with E-state index in [2.05, 4.69) is 10.3 Å². The Morgan fingerprint density at radius 2 is 1.70 bits per heavy atom. The van der Waals surface area contributed by atoms with Crippen LogP contribution in [0.15, 0.2) is 79.1 Å². The summed E-state index contributed by atoms with van der Waals surface area (Å²) in [7, 11) is 0. The summed E-state index contributed by atoms with van der Waals surface area (Å²) >= 11 is 0. The highest BCUT2D eigenvalue weighted by Crippen LogP contribution is 2.23. The number of unbranched alkanes of at least 4 members (excludes halogenated alkanes) is 2. The predicted molar refractivity (Wildman–Crippen MR) is 158 cm³/mol. The van der Waals surface area contributed by atoms with Gasteiger partial charge in [-0.15, -0.1) is 0 Å². The molecule has 40 heavy (non-hydrogen) atoms. The molecule has 2 aromatic carbocycles. The third-order valence-electron chi connectivity index (χ3n) is 7.29. The molecular formula is C32H36N6O2. The van der Waals surface area contributed by atoms with Crippen molar-refractivity contribution in [1.29, 1.82) is 0 Å². The number of nitrogens with zero attached hydrogens (tertiary/aromatic N) is 4. The first-order chi connectivity index (χ1) is 19.6. The van der Waals surface area contributed by atoms with Gasteiger partial charge in [0, 0.05) is 48.7 Å². The molecule has 0 unspecified atom stereocenters. The van der Waals surface area contributed by atoms with Crippen molar-refractivity contribution >= 4 is 23.6 Å². The maximum atomic E-state index is 13.3. The van der Waals surface area contributed by atoms with Crippen LogP contribution in [0, 0.1) is 0 Å². The van der Waals surface area contributed by atoms with Gasteiger partial charge >= 0.3 is 0 Å². The van der Waals surface area contributed by atoms with Crippen molar-refractivity contribution in [2.45, 2.75) is 51.4 Å². The summed E-state index contributed by atoms with van der Waals surface area (Å²) in [6.45, 7) is 1.82. The Labute approximate surface area is 235 Å². The van der Waals surface area contributed by atoms with Crippen molar-refractivity contribution in [3.05, 3.63) is 90.4 Å². The van der Waals surface area contributed by atoms with E-state index in [1.54, 1.807) is 18.3 Å². The van der Waals surface area contributed by atoms with Gasteiger partial charge in [0.2, 0.25) is 11.9 Å². The molecule has 8 nitrogen and oxygen atoms in total. The van der Waals surface area contributed by atoms with E-state index in [0.717, 1.165) is 74.1 Å². The number of carbonyl (C=O) groups excluding carboxylic acids is 2. The summed E-state index contributed by atoms with van der Waals surface area (Å²) in [5.74, 6) is 0.976. The number of hydrogen-bond donors (Lipinski definition) is 2. The molecule has 2 aromatic heterocycles. The number of anilines is 2. The van der Waals surface area contributed by atoms with Gasteiger partial charge in [0.25, 0.3) is 5.91 Å². The second-order valence-corrected chi connectivity index (χ2v) is 10.3. The molecule has 1 fully saturated rings. The fraction of sp³-hybridized carbons (Fsp3) is 0.312. The van der Waals surface area contributed by atoms with E-state index in [0.29, 0.717) is 23.8 Å². The number of likely N-dealkylation sites (tertiary alicyclic amines) is 1. The first-order valence-electron chi connectivity index (χ1n) is 14.1. The monoisotopic (exact) mass is 536 g/mol. The van der Waals surface area contributed by atoms with Crippen LogP contribution in [-0.4, -0.2) is 44.3 Å². The third-order valence-corrected chi connectivity index (χ3v) is 7.29. The van der Waals surface area contributed by atoms with Crippen molar-refractivity contribution in [2.75, 3.05) is 24.1 Å². The topological polar surface area (TPSA) is 106 Å². The first-order valence-corrected chi connectivity index (χ1v) is 14.1. The molecule has 2 amide bonds. The van der Waals surface area contributed by atoms with Crippen molar-refractivity contribution in [3.63, 3.8) is 0 Å². The molecule has 0 radical (unpaired) electrons. The van der Waals surface area contributed by atoms with Gasteiger partial charge in [-0.1, -0.05) is 36.8 Å². The zero-order chi connectivity index (χ0) is 27.7. The largest absolute Gasteiger partial charge is 0.384 e. The SMILES string of the molecule is Nc1ccc(-c2cccc(C(=O)Nc3nc(CCCCCC(=O)N4CCCCC4)cn3-c3ccccc3)c2)cn1. The molecule has 0 saturated carbocycles. The number of benzene rings is 2. The highest BCUT2D eigenvalue weighted by Gasteiger charge is 2.17. The Kier molecular flexibility index (Phi) is 8.86. The van der Waals surface area contributed by atoms with Crippen LogP contribution < -0.4 is 11.1 Å². The number of aryl methyl sites for hydroxylation is 1. The first kappa shape index (κ1) is 27.1. The second kappa shape index (κ2) is 13.1. The summed E-state index contributed by atoms with van der Waals surface area (Å²) < 4.78 is 1.92. The molecule has 4 aromatic rings. The number of nitrogens with one attached hydrogen (secondary N) is 1. The lowest BCUT2D eigenvalue weighted by atomic mass is 10.0. The third kappa shape index (κ3) is 6.94. The highest BCUT2D eigenvalue weighted by atomic mass is 16.2. The number of imidazole rings is 1. The van der Waals surface area contributed by atoms with E-state index in [-0.39, 0.29) is 11.8 Å². The number of rotatable bonds is 10. The van der Waals surface area contributed by atoms with Gasteiger partial charge in [-0.05, 0) is 80.5 Å². The average Bonchev–Trinajstić information content (AvgIpc) is 3.40. The molecule has 0 bridgehead atoms. The fourth-order valence-electron chi connectivity index (χ4n) is 5.07. The van der Waals surface area contributed by atoms with E-state index in [1.165, 1.54) is 6.42 Å². The van der Waals surface area contributed by atoms with Crippen LogP contribution in [-0.2, 0) is 11.2 Å². The second-order valence-electron chi connectivity index (χ2n) is 10.3. The maximum Gasteiger partial charge on any atom is 0.258 e.